The second kappa shape index (κ2) is 11.6. The molecule has 0 spiro atoms. The Morgan fingerprint density at radius 1 is 1.08 bits per heavy atom. The Balaban J connectivity index is 1.62. The van der Waals surface area contributed by atoms with Crippen LogP contribution in [0.2, 0.25) is 0 Å². The average Bonchev–Trinajstić information content (AvgIpc) is 2.95. The smallest absolute Gasteiger partial charge is 0.272 e. The first kappa shape index (κ1) is 26.3. The molecule has 0 atom stereocenters. The molecule has 202 valence electrons. The van der Waals surface area contributed by atoms with E-state index in [4.69, 9.17) is 9.47 Å². The summed E-state index contributed by atoms with van der Waals surface area (Å²) in [5, 5.41) is 13.6. The highest BCUT2D eigenvalue weighted by Gasteiger charge is 2.24. The molecule has 10 heteroatoms. The molecule has 1 aliphatic heterocycles. The third-order valence-corrected chi connectivity index (χ3v) is 6.67. The number of hydrogen-bond donors (Lipinski definition) is 2. The van der Waals surface area contributed by atoms with Gasteiger partial charge in [-0.25, -0.2) is 4.39 Å². The van der Waals surface area contributed by atoms with Crippen molar-refractivity contribution < 1.29 is 23.8 Å². The molecule has 1 amide bonds. The summed E-state index contributed by atoms with van der Waals surface area (Å²) in [6.45, 7) is 3.25. The standard InChI is InChI=1S/C29H29FN4O5/c1-38-13-10-31-28(36)25-27(35)26-24(17-20(18-32-26)16-19-2-4-21(30)5-3-19)34(29(25)37)23-8-6-22(7-9-23)33-11-14-39-15-12-33/h2-9,17-18,35H,10-16H2,1H3,(H,31,36). The van der Waals surface area contributed by atoms with Crippen molar-refractivity contribution in [3.05, 3.63) is 93.7 Å². The van der Waals surface area contributed by atoms with Gasteiger partial charge in [-0.3, -0.25) is 19.1 Å². The highest BCUT2D eigenvalue weighted by molar-refractivity contribution is 6.01. The van der Waals surface area contributed by atoms with Gasteiger partial charge in [-0.05, 0) is 60.0 Å². The van der Waals surface area contributed by atoms with Crippen LogP contribution >= 0.6 is 0 Å². The Bertz CT molecular complexity index is 1530. The van der Waals surface area contributed by atoms with Gasteiger partial charge in [-0.1, -0.05) is 12.1 Å². The number of anilines is 1. The van der Waals surface area contributed by atoms with E-state index in [9.17, 15) is 19.1 Å². The van der Waals surface area contributed by atoms with Crippen molar-refractivity contribution in [1.29, 1.82) is 0 Å². The highest BCUT2D eigenvalue weighted by atomic mass is 19.1. The summed E-state index contributed by atoms with van der Waals surface area (Å²) >= 11 is 0. The lowest BCUT2D eigenvalue weighted by Gasteiger charge is -2.29. The van der Waals surface area contributed by atoms with Gasteiger partial charge in [0, 0.05) is 44.3 Å². The van der Waals surface area contributed by atoms with E-state index in [1.54, 1.807) is 24.4 Å². The van der Waals surface area contributed by atoms with Crippen LogP contribution in [0.1, 0.15) is 21.5 Å². The Morgan fingerprint density at radius 2 is 1.77 bits per heavy atom. The number of rotatable bonds is 8. The second-order valence-electron chi connectivity index (χ2n) is 9.24. The van der Waals surface area contributed by atoms with E-state index in [1.165, 1.54) is 23.8 Å². The minimum Gasteiger partial charge on any atom is -0.505 e. The van der Waals surface area contributed by atoms with Gasteiger partial charge in [0.15, 0.2) is 5.75 Å². The van der Waals surface area contributed by atoms with Gasteiger partial charge in [0.2, 0.25) is 0 Å². The number of benzene rings is 2. The summed E-state index contributed by atoms with van der Waals surface area (Å²) in [7, 11) is 1.50. The predicted octanol–water partition coefficient (Wildman–Crippen LogP) is 3.03. The number of aromatic nitrogens is 2. The molecule has 2 aromatic heterocycles. The molecular formula is C29H29FN4O5. The lowest BCUT2D eigenvalue weighted by Crippen LogP contribution is -2.36. The van der Waals surface area contributed by atoms with Crippen molar-refractivity contribution in [1.82, 2.24) is 14.9 Å². The first-order valence-corrected chi connectivity index (χ1v) is 12.7. The highest BCUT2D eigenvalue weighted by Crippen LogP contribution is 2.29. The summed E-state index contributed by atoms with van der Waals surface area (Å²) in [4.78, 5) is 33.4. The van der Waals surface area contributed by atoms with Crippen molar-refractivity contribution in [2.75, 3.05) is 51.5 Å². The molecule has 0 unspecified atom stereocenters. The molecular weight excluding hydrogens is 503 g/mol. The largest absolute Gasteiger partial charge is 0.505 e. The van der Waals surface area contributed by atoms with Gasteiger partial charge in [0.25, 0.3) is 11.5 Å². The molecule has 9 nitrogen and oxygen atoms in total. The molecule has 1 aliphatic rings. The fourth-order valence-corrected chi connectivity index (χ4v) is 4.67. The Labute approximate surface area is 224 Å². The number of morpholine rings is 1. The molecule has 1 fully saturated rings. The van der Waals surface area contributed by atoms with Gasteiger partial charge < -0.3 is 24.8 Å². The molecule has 2 aromatic carbocycles. The van der Waals surface area contributed by atoms with Crippen LogP contribution in [-0.4, -0.2) is 67.1 Å². The maximum Gasteiger partial charge on any atom is 0.272 e. The summed E-state index contributed by atoms with van der Waals surface area (Å²) < 4.78 is 25.2. The first-order chi connectivity index (χ1) is 19.0. The number of methoxy groups -OCH3 is 1. The van der Waals surface area contributed by atoms with Crippen LogP contribution in [0.25, 0.3) is 16.7 Å². The lowest BCUT2D eigenvalue weighted by molar-refractivity contribution is 0.0932. The van der Waals surface area contributed by atoms with Crippen LogP contribution < -0.4 is 15.8 Å². The third-order valence-electron chi connectivity index (χ3n) is 6.67. The quantitative estimate of drug-likeness (QED) is 0.336. The van der Waals surface area contributed by atoms with Gasteiger partial charge in [-0.15, -0.1) is 0 Å². The van der Waals surface area contributed by atoms with Crippen molar-refractivity contribution in [3.8, 4) is 11.4 Å². The number of nitrogens with one attached hydrogen (secondary N) is 1. The number of fused-ring (bicyclic) bond motifs is 1. The number of hydrogen-bond acceptors (Lipinski definition) is 7. The number of carbonyl (C=O) groups is 1. The third kappa shape index (κ3) is 5.62. The average molecular weight is 533 g/mol. The van der Waals surface area contributed by atoms with E-state index in [0.29, 0.717) is 30.8 Å². The molecule has 5 rings (SSSR count). The van der Waals surface area contributed by atoms with Crippen molar-refractivity contribution in [2.45, 2.75) is 6.42 Å². The minimum absolute atomic E-state index is 0.117. The van der Waals surface area contributed by atoms with Crippen molar-refractivity contribution in [2.24, 2.45) is 0 Å². The number of halogens is 1. The molecule has 2 N–H and O–H groups in total. The molecule has 4 aromatic rings. The molecule has 3 heterocycles. The number of carbonyl (C=O) groups excluding carboxylic acids is 1. The Morgan fingerprint density at radius 3 is 2.46 bits per heavy atom. The molecule has 0 aliphatic carbocycles. The maximum atomic E-state index is 13.8. The molecule has 1 saturated heterocycles. The Kier molecular flexibility index (Phi) is 7.85. The zero-order chi connectivity index (χ0) is 27.4. The van der Waals surface area contributed by atoms with E-state index >= 15 is 0 Å². The molecule has 0 bridgehead atoms. The summed E-state index contributed by atoms with van der Waals surface area (Å²) in [5.41, 5.74) is 2.53. The van der Waals surface area contributed by atoms with Crippen molar-refractivity contribution >= 4 is 22.6 Å². The fourth-order valence-electron chi connectivity index (χ4n) is 4.67. The number of pyridine rings is 2. The zero-order valence-electron chi connectivity index (χ0n) is 21.5. The first-order valence-electron chi connectivity index (χ1n) is 12.7. The van der Waals surface area contributed by atoms with E-state index in [0.717, 1.165) is 29.9 Å². The van der Waals surface area contributed by atoms with E-state index in [2.05, 4.69) is 15.2 Å². The van der Waals surface area contributed by atoms with Gasteiger partial charge in [0.1, 0.15) is 16.9 Å². The fraction of sp³-hybridized carbons (Fsp3) is 0.276. The molecule has 0 saturated carbocycles. The zero-order valence-corrected chi connectivity index (χ0v) is 21.5. The maximum absolute atomic E-state index is 13.8. The number of amides is 1. The van der Waals surface area contributed by atoms with Gasteiger partial charge in [0.05, 0.1) is 25.3 Å². The van der Waals surface area contributed by atoms with Crippen LogP contribution in [0.4, 0.5) is 10.1 Å². The Hall–Kier alpha value is -4.28. The monoisotopic (exact) mass is 532 g/mol. The molecule has 0 radical (unpaired) electrons. The van der Waals surface area contributed by atoms with Gasteiger partial charge >= 0.3 is 0 Å². The van der Waals surface area contributed by atoms with E-state index in [-0.39, 0.29) is 24.5 Å². The lowest BCUT2D eigenvalue weighted by atomic mass is 10.0. The van der Waals surface area contributed by atoms with Crippen LogP contribution in [0.5, 0.6) is 5.75 Å². The van der Waals surface area contributed by atoms with Gasteiger partial charge in [-0.2, -0.15) is 0 Å². The summed E-state index contributed by atoms with van der Waals surface area (Å²) in [6, 6.07) is 15.3. The van der Waals surface area contributed by atoms with Crippen molar-refractivity contribution in [3.63, 3.8) is 0 Å². The van der Waals surface area contributed by atoms with Crippen LogP contribution in [0, 0.1) is 5.82 Å². The van der Waals surface area contributed by atoms with E-state index in [1.807, 2.05) is 24.3 Å². The topological polar surface area (TPSA) is 106 Å². The minimum atomic E-state index is -0.715. The van der Waals surface area contributed by atoms with Crippen LogP contribution in [-0.2, 0) is 15.9 Å². The number of aromatic hydroxyl groups is 1. The summed E-state index contributed by atoms with van der Waals surface area (Å²) in [5.74, 6) is -1.53. The summed E-state index contributed by atoms with van der Waals surface area (Å²) in [6.07, 6.45) is 2.02. The van der Waals surface area contributed by atoms with E-state index < -0.39 is 22.8 Å². The number of nitrogens with zero attached hydrogens (tertiary/aromatic N) is 3. The SMILES string of the molecule is COCCNC(=O)c1c(O)c2ncc(Cc3ccc(F)cc3)cc2n(-c2ccc(N3CCOCC3)cc2)c1=O. The van der Waals surface area contributed by atoms with Crippen LogP contribution in [0.15, 0.2) is 65.6 Å². The molecule has 39 heavy (non-hydrogen) atoms. The second-order valence-corrected chi connectivity index (χ2v) is 9.24. The van der Waals surface area contributed by atoms with Crippen LogP contribution in [0.3, 0.4) is 0 Å². The number of ether oxygens (including phenoxy) is 2. The normalized spacial score (nSPS) is 13.5. The predicted molar refractivity (Wildman–Crippen MR) is 145 cm³/mol.